The van der Waals surface area contributed by atoms with E-state index in [1.54, 1.807) is 12.1 Å². The quantitative estimate of drug-likeness (QED) is 0.605. The highest BCUT2D eigenvalue weighted by atomic mass is 35.5. The van der Waals surface area contributed by atoms with Gasteiger partial charge in [-0.15, -0.1) is 12.4 Å². The number of carbonyl (C=O) groups is 1. The molecule has 0 radical (unpaired) electrons. The maximum Gasteiger partial charge on any atom is 0.240 e. The lowest BCUT2D eigenvalue weighted by molar-refractivity contribution is -0.122. The number of benzene rings is 1. The molecule has 1 aliphatic rings. The van der Waals surface area contributed by atoms with Gasteiger partial charge in [-0.2, -0.15) is 0 Å². The van der Waals surface area contributed by atoms with Gasteiger partial charge in [0.15, 0.2) is 0 Å². The summed E-state index contributed by atoms with van der Waals surface area (Å²) in [6.07, 6.45) is 1.01. The zero-order valence-electron chi connectivity index (χ0n) is 15.2. The Morgan fingerprint density at radius 2 is 2.00 bits per heavy atom. The van der Waals surface area contributed by atoms with Gasteiger partial charge in [-0.05, 0) is 56.6 Å². The van der Waals surface area contributed by atoms with Crippen molar-refractivity contribution in [2.45, 2.75) is 37.6 Å². The number of sulfonamides is 1. The molecule has 1 aromatic rings. The molecular formula is C17H28ClN3O4S. The molecule has 1 fully saturated rings. The number of carbonyl (C=O) groups excluding carboxylic acids is 1. The van der Waals surface area contributed by atoms with Gasteiger partial charge in [-0.3, -0.25) is 4.79 Å². The maximum absolute atomic E-state index is 12.2. The Kier molecular flexibility index (Phi) is 9.35. The molecule has 0 saturated carbocycles. The summed E-state index contributed by atoms with van der Waals surface area (Å²) in [5.74, 6) is 0.864. The van der Waals surface area contributed by atoms with Crippen LogP contribution in [0.2, 0.25) is 0 Å². The number of halogens is 1. The minimum atomic E-state index is -3.63. The van der Waals surface area contributed by atoms with Crippen LogP contribution < -0.4 is 20.1 Å². The third kappa shape index (κ3) is 6.75. The molecule has 7 nitrogen and oxygen atoms in total. The molecule has 1 aliphatic heterocycles. The zero-order valence-corrected chi connectivity index (χ0v) is 16.8. The number of rotatable bonds is 8. The first-order valence-electron chi connectivity index (χ1n) is 8.65. The van der Waals surface area contributed by atoms with E-state index in [-0.39, 0.29) is 42.2 Å². The van der Waals surface area contributed by atoms with Crippen LogP contribution in [-0.4, -0.2) is 46.6 Å². The van der Waals surface area contributed by atoms with E-state index >= 15 is 0 Å². The Bertz CT molecular complexity index is 667. The molecule has 1 heterocycles. The van der Waals surface area contributed by atoms with Gasteiger partial charge in [-0.25, -0.2) is 13.1 Å². The molecule has 26 heavy (non-hydrogen) atoms. The van der Waals surface area contributed by atoms with Crippen molar-refractivity contribution < 1.29 is 17.9 Å². The highest BCUT2D eigenvalue weighted by molar-refractivity contribution is 7.89. The number of hydrogen-bond acceptors (Lipinski definition) is 5. The van der Waals surface area contributed by atoms with E-state index in [4.69, 9.17) is 4.74 Å². The first kappa shape index (κ1) is 22.7. The van der Waals surface area contributed by atoms with E-state index in [9.17, 15) is 13.2 Å². The molecule has 0 spiro atoms. The second kappa shape index (κ2) is 10.7. The number of amides is 1. The molecule has 2 unspecified atom stereocenters. The second-order valence-electron chi connectivity index (χ2n) is 6.20. The molecule has 3 N–H and O–H groups in total. The Morgan fingerprint density at radius 3 is 2.62 bits per heavy atom. The fourth-order valence-corrected chi connectivity index (χ4v) is 3.80. The number of hydrogen-bond donors (Lipinski definition) is 3. The predicted molar refractivity (Wildman–Crippen MR) is 103 cm³/mol. The summed E-state index contributed by atoms with van der Waals surface area (Å²) in [5, 5.41) is 6.26. The van der Waals surface area contributed by atoms with Gasteiger partial charge in [0.25, 0.3) is 0 Å². The Morgan fingerprint density at radius 1 is 1.31 bits per heavy atom. The first-order chi connectivity index (χ1) is 11.9. The van der Waals surface area contributed by atoms with Crippen molar-refractivity contribution in [2.75, 3.05) is 26.2 Å². The SMILES string of the molecule is CCOc1ccc(S(=O)(=O)NCCC(=O)NC2CCNCC2C)cc1.Cl. The Labute approximate surface area is 161 Å². The van der Waals surface area contributed by atoms with Crippen LogP contribution in [0.1, 0.15) is 26.7 Å². The first-order valence-corrected chi connectivity index (χ1v) is 10.1. The van der Waals surface area contributed by atoms with Crippen LogP contribution in [0, 0.1) is 5.92 Å². The summed E-state index contributed by atoms with van der Waals surface area (Å²) in [5.41, 5.74) is 0. The minimum Gasteiger partial charge on any atom is -0.494 e. The fraction of sp³-hybridized carbons (Fsp3) is 0.588. The average Bonchev–Trinajstić information content (AvgIpc) is 2.58. The van der Waals surface area contributed by atoms with Crippen molar-refractivity contribution in [1.29, 1.82) is 0 Å². The molecule has 0 aromatic heterocycles. The largest absolute Gasteiger partial charge is 0.494 e. The molecule has 0 aliphatic carbocycles. The number of nitrogens with one attached hydrogen (secondary N) is 3. The van der Waals surface area contributed by atoms with E-state index in [1.165, 1.54) is 12.1 Å². The number of piperidine rings is 1. The Hall–Kier alpha value is -1.35. The summed E-state index contributed by atoms with van der Waals surface area (Å²) < 4.78 is 32.2. The summed E-state index contributed by atoms with van der Waals surface area (Å²) in [4.78, 5) is 12.2. The molecule has 9 heteroatoms. The third-order valence-electron chi connectivity index (χ3n) is 4.22. The zero-order chi connectivity index (χ0) is 18.3. The van der Waals surface area contributed by atoms with Gasteiger partial charge in [0.05, 0.1) is 11.5 Å². The molecule has 2 atom stereocenters. The lowest BCUT2D eigenvalue weighted by Gasteiger charge is -2.30. The van der Waals surface area contributed by atoms with Crippen LogP contribution in [0.3, 0.4) is 0 Å². The van der Waals surface area contributed by atoms with E-state index in [0.29, 0.717) is 18.3 Å². The van der Waals surface area contributed by atoms with Crippen molar-refractivity contribution in [1.82, 2.24) is 15.4 Å². The van der Waals surface area contributed by atoms with Crippen molar-refractivity contribution in [2.24, 2.45) is 5.92 Å². The smallest absolute Gasteiger partial charge is 0.240 e. The van der Waals surface area contributed by atoms with E-state index in [0.717, 1.165) is 19.5 Å². The van der Waals surface area contributed by atoms with Crippen LogP contribution in [0.4, 0.5) is 0 Å². The number of ether oxygens (including phenoxy) is 1. The van der Waals surface area contributed by atoms with Gasteiger partial charge >= 0.3 is 0 Å². The van der Waals surface area contributed by atoms with Gasteiger partial charge in [0.1, 0.15) is 5.75 Å². The lowest BCUT2D eigenvalue weighted by Crippen LogP contribution is -2.48. The van der Waals surface area contributed by atoms with Crippen molar-refractivity contribution in [3.8, 4) is 5.75 Å². The van der Waals surface area contributed by atoms with E-state index in [2.05, 4.69) is 22.3 Å². The molecule has 2 rings (SSSR count). The summed E-state index contributed by atoms with van der Waals surface area (Å²) in [6.45, 7) is 6.32. The Balaban J connectivity index is 0.00000338. The van der Waals surface area contributed by atoms with Crippen LogP contribution in [0.15, 0.2) is 29.2 Å². The highest BCUT2D eigenvalue weighted by Gasteiger charge is 2.22. The van der Waals surface area contributed by atoms with Crippen molar-refractivity contribution >= 4 is 28.3 Å². The molecule has 0 bridgehead atoms. The standard InChI is InChI=1S/C17H27N3O4S.ClH/c1-3-24-14-4-6-15(7-5-14)25(22,23)19-11-9-17(21)20-16-8-10-18-12-13(16)2;/h4-7,13,16,18-19H,3,8-12H2,1-2H3,(H,20,21);1H. The lowest BCUT2D eigenvalue weighted by atomic mass is 9.95. The third-order valence-corrected chi connectivity index (χ3v) is 5.70. The average molecular weight is 406 g/mol. The molecular weight excluding hydrogens is 378 g/mol. The van der Waals surface area contributed by atoms with Crippen molar-refractivity contribution in [3.63, 3.8) is 0 Å². The second-order valence-corrected chi connectivity index (χ2v) is 7.96. The van der Waals surface area contributed by atoms with Gasteiger partial charge < -0.3 is 15.4 Å². The van der Waals surface area contributed by atoms with Gasteiger partial charge in [0.2, 0.25) is 15.9 Å². The summed E-state index contributed by atoms with van der Waals surface area (Å²) >= 11 is 0. The summed E-state index contributed by atoms with van der Waals surface area (Å²) in [7, 11) is -3.63. The maximum atomic E-state index is 12.2. The van der Waals surface area contributed by atoms with Crippen LogP contribution in [-0.2, 0) is 14.8 Å². The topological polar surface area (TPSA) is 96.5 Å². The minimum absolute atomic E-state index is 0. The van der Waals surface area contributed by atoms with Gasteiger partial charge in [-0.1, -0.05) is 6.92 Å². The molecule has 148 valence electrons. The monoisotopic (exact) mass is 405 g/mol. The predicted octanol–water partition coefficient (Wildman–Crippen LogP) is 1.29. The van der Waals surface area contributed by atoms with Crippen LogP contribution >= 0.6 is 12.4 Å². The summed E-state index contributed by atoms with van der Waals surface area (Å²) in [6, 6.07) is 6.36. The fourth-order valence-electron chi connectivity index (χ4n) is 2.77. The van der Waals surface area contributed by atoms with Gasteiger partial charge in [0, 0.05) is 19.0 Å². The molecule has 1 amide bonds. The van der Waals surface area contributed by atoms with Crippen molar-refractivity contribution in [3.05, 3.63) is 24.3 Å². The van der Waals surface area contributed by atoms with Crippen LogP contribution in [0.25, 0.3) is 0 Å². The molecule has 1 saturated heterocycles. The van der Waals surface area contributed by atoms with E-state index in [1.807, 2.05) is 6.92 Å². The van der Waals surface area contributed by atoms with E-state index < -0.39 is 10.0 Å². The normalized spacial score (nSPS) is 20.1. The highest BCUT2D eigenvalue weighted by Crippen LogP contribution is 2.16. The van der Waals surface area contributed by atoms with Crippen LogP contribution in [0.5, 0.6) is 5.75 Å². The molecule has 1 aromatic carbocycles.